The van der Waals surface area contributed by atoms with Gasteiger partial charge in [0.05, 0.1) is 10.9 Å². The van der Waals surface area contributed by atoms with Crippen LogP contribution in [-0.2, 0) is 0 Å². The topological polar surface area (TPSA) is 98.6 Å². The first-order valence-electron chi connectivity index (χ1n) is 12.8. The van der Waals surface area contributed by atoms with Gasteiger partial charge in [0.25, 0.3) is 17.5 Å². The highest BCUT2D eigenvalue weighted by Gasteiger charge is 2.43. The third-order valence-corrected chi connectivity index (χ3v) is 8.21. The smallest absolute Gasteiger partial charge is 0.298 e. The van der Waals surface area contributed by atoms with Gasteiger partial charge in [0.15, 0.2) is 5.58 Å². The Balaban J connectivity index is 1.05. The van der Waals surface area contributed by atoms with E-state index in [4.69, 9.17) is 9.40 Å². The number of piperazine rings is 1. The molecule has 36 heavy (non-hydrogen) atoms. The predicted molar refractivity (Wildman–Crippen MR) is 138 cm³/mol. The van der Waals surface area contributed by atoms with Crippen LogP contribution in [0.3, 0.4) is 0 Å². The lowest BCUT2D eigenvalue weighted by Gasteiger charge is -2.37. The molecule has 4 heterocycles. The first-order valence-corrected chi connectivity index (χ1v) is 12.8. The van der Waals surface area contributed by atoms with Crippen LogP contribution >= 0.6 is 0 Å². The minimum Gasteiger partial charge on any atom is -0.423 e. The molecule has 0 bridgehead atoms. The molecule has 7 rings (SSSR count). The molecule has 4 aromatic rings. The highest BCUT2D eigenvalue weighted by Crippen LogP contribution is 2.48. The van der Waals surface area contributed by atoms with Gasteiger partial charge in [-0.25, -0.2) is 4.98 Å². The number of aromatic nitrogens is 3. The van der Waals surface area contributed by atoms with Gasteiger partial charge in [0.1, 0.15) is 5.52 Å². The second-order valence-electron chi connectivity index (χ2n) is 10.4. The van der Waals surface area contributed by atoms with E-state index in [1.54, 1.807) is 6.07 Å². The number of rotatable bonds is 3. The molecule has 2 aliphatic heterocycles. The minimum atomic E-state index is -0.148. The molecule has 0 unspecified atom stereocenters. The molecule has 1 saturated carbocycles. The molecule has 9 heteroatoms. The van der Waals surface area contributed by atoms with Crippen molar-refractivity contribution in [3.8, 4) is 0 Å². The lowest BCUT2D eigenvalue weighted by molar-refractivity contribution is 0.0746. The van der Waals surface area contributed by atoms with Crippen LogP contribution in [0.1, 0.15) is 36.0 Å². The molecule has 1 amide bonds. The van der Waals surface area contributed by atoms with Crippen molar-refractivity contribution in [1.29, 1.82) is 0 Å². The summed E-state index contributed by atoms with van der Waals surface area (Å²) in [6.45, 7) is 4.29. The van der Waals surface area contributed by atoms with Crippen LogP contribution in [0.25, 0.3) is 22.0 Å². The first-order chi connectivity index (χ1) is 17.6. The highest BCUT2D eigenvalue weighted by atomic mass is 16.4. The molecule has 0 radical (unpaired) electrons. The fraction of sp³-hybridized carbons (Fsp3) is 0.407. The summed E-state index contributed by atoms with van der Waals surface area (Å²) in [6.07, 6.45) is 5.16. The van der Waals surface area contributed by atoms with E-state index in [9.17, 15) is 9.59 Å². The van der Waals surface area contributed by atoms with Crippen molar-refractivity contribution in [2.24, 2.45) is 5.41 Å². The average molecular weight is 485 g/mol. The summed E-state index contributed by atoms with van der Waals surface area (Å²) < 4.78 is 6.11. The minimum absolute atomic E-state index is 0.0240. The van der Waals surface area contributed by atoms with Gasteiger partial charge in [0, 0.05) is 44.8 Å². The number of oxazole rings is 1. The molecule has 3 aliphatic rings. The van der Waals surface area contributed by atoms with Gasteiger partial charge < -0.3 is 19.1 Å². The van der Waals surface area contributed by atoms with Crippen molar-refractivity contribution < 1.29 is 9.21 Å². The normalized spacial score (nSPS) is 19.4. The molecule has 2 aromatic heterocycles. The summed E-state index contributed by atoms with van der Waals surface area (Å²) in [7, 11) is 0. The fourth-order valence-electron chi connectivity index (χ4n) is 5.89. The maximum atomic E-state index is 13.3. The number of nitrogens with zero attached hydrogens (tertiary/aromatic N) is 5. The Morgan fingerprint density at radius 2 is 1.75 bits per heavy atom. The Labute approximate surface area is 207 Å². The third-order valence-electron chi connectivity index (χ3n) is 8.21. The quantitative estimate of drug-likeness (QED) is 0.476. The number of hydrogen-bond donors (Lipinski definition) is 1. The summed E-state index contributed by atoms with van der Waals surface area (Å²) in [5.41, 5.74) is 3.04. The summed E-state index contributed by atoms with van der Waals surface area (Å²) in [6, 6.07) is 13.5. The number of fused-ring (bicyclic) bond motifs is 2. The van der Waals surface area contributed by atoms with Gasteiger partial charge in [0.2, 0.25) is 5.95 Å². The van der Waals surface area contributed by atoms with Crippen molar-refractivity contribution in [3.63, 3.8) is 0 Å². The van der Waals surface area contributed by atoms with E-state index in [1.165, 1.54) is 25.7 Å². The monoisotopic (exact) mass is 484 g/mol. The SMILES string of the molecule is O=C(c1ccc2nc(N3CCC4(CCC4)C3)oc2c1)N1CCN(c2nc3ccccc3c(=O)[nH]2)CC1. The summed E-state index contributed by atoms with van der Waals surface area (Å²) in [5.74, 6) is 0.524. The Bertz CT molecular complexity index is 1530. The van der Waals surface area contributed by atoms with Crippen LogP contribution in [0, 0.1) is 5.41 Å². The van der Waals surface area contributed by atoms with Crippen molar-refractivity contribution in [3.05, 3.63) is 58.4 Å². The van der Waals surface area contributed by atoms with Gasteiger partial charge in [-0.1, -0.05) is 18.6 Å². The van der Waals surface area contributed by atoms with Crippen LogP contribution in [0.15, 0.2) is 51.7 Å². The highest BCUT2D eigenvalue weighted by molar-refractivity contribution is 5.97. The van der Waals surface area contributed by atoms with Crippen LogP contribution in [0.4, 0.5) is 12.0 Å². The molecular weight excluding hydrogens is 456 g/mol. The van der Waals surface area contributed by atoms with Crippen molar-refractivity contribution in [2.45, 2.75) is 25.7 Å². The molecule has 2 saturated heterocycles. The number of carbonyl (C=O) groups excluding carboxylic acids is 1. The Hall–Kier alpha value is -3.88. The lowest BCUT2D eigenvalue weighted by Crippen LogP contribution is -2.49. The second kappa shape index (κ2) is 8.08. The number of aromatic amines is 1. The zero-order chi connectivity index (χ0) is 24.3. The van der Waals surface area contributed by atoms with Crippen molar-refractivity contribution in [1.82, 2.24) is 19.9 Å². The predicted octanol–water partition coefficient (Wildman–Crippen LogP) is 3.41. The van der Waals surface area contributed by atoms with E-state index in [0.717, 1.165) is 18.6 Å². The zero-order valence-corrected chi connectivity index (χ0v) is 20.1. The summed E-state index contributed by atoms with van der Waals surface area (Å²) >= 11 is 0. The molecule has 9 nitrogen and oxygen atoms in total. The second-order valence-corrected chi connectivity index (χ2v) is 10.4. The Kier molecular flexibility index (Phi) is 4.80. The van der Waals surface area contributed by atoms with Gasteiger partial charge >= 0.3 is 0 Å². The maximum absolute atomic E-state index is 13.3. The summed E-state index contributed by atoms with van der Waals surface area (Å²) in [5, 5.41) is 0.577. The van der Waals surface area contributed by atoms with Gasteiger partial charge in [-0.05, 0) is 55.0 Å². The van der Waals surface area contributed by atoms with E-state index in [-0.39, 0.29) is 11.5 Å². The van der Waals surface area contributed by atoms with Gasteiger partial charge in [-0.2, -0.15) is 4.98 Å². The van der Waals surface area contributed by atoms with Crippen LogP contribution < -0.4 is 15.4 Å². The molecule has 2 aromatic carbocycles. The number of H-pyrrole nitrogens is 1. The van der Waals surface area contributed by atoms with Crippen LogP contribution in [0.5, 0.6) is 0 Å². The van der Waals surface area contributed by atoms with Crippen molar-refractivity contribution in [2.75, 3.05) is 49.1 Å². The average Bonchev–Trinajstić information content (AvgIpc) is 3.53. The van der Waals surface area contributed by atoms with Gasteiger partial charge in [-0.15, -0.1) is 0 Å². The molecule has 184 valence electrons. The Morgan fingerprint density at radius 1 is 0.917 bits per heavy atom. The van der Waals surface area contributed by atoms with E-state index >= 15 is 0 Å². The lowest BCUT2D eigenvalue weighted by atomic mass is 9.68. The fourth-order valence-corrected chi connectivity index (χ4v) is 5.89. The number of benzene rings is 2. The number of para-hydroxylation sites is 1. The van der Waals surface area contributed by atoms with E-state index in [0.29, 0.717) is 65.6 Å². The van der Waals surface area contributed by atoms with Crippen LogP contribution in [-0.4, -0.2) is 65.0 Å². The standard InChI is InChI=1S/C27H28N6O3/c34-23-19-4-1-2-5-20(19)28-25(30-23)32-14-12-31(13-15-32)24(35)18-6-7-21-22(16-18)36-26(29-21)33-11-10-27(17-33)8-3-9-27/h1-2,4-7,16H,3,8-15,17H2,(H,28,30,34). The molecular formula is C27H28N6O3. The molecule has 1 N–H and O–H groups in total. The number of nitrogens with one attached hydrogen (secondary N) is 1. The van der Waals surface area contributed by atoms with Crippen LogP contribution in [0.2, 0.25) is 0 Å². The van der Waals surface area contributed by atoms with E-state index in [1.807, 2.05) is 46.2 Å². The molecule has 0 atom stereocenters. The third kappa shape index (κ3) is 3.53. The number of hydrogen-bond acceptors (Lipinski definition) is 7. The molecule has 1 aliphatic carbocycles. The maximum Gasteiger partial charge on any atom is 0.298 e. The summed E-state index contributed by atoms with van der Waals surface area (Å²) in [4.78, 5) is 44.0. The molecule has 1 spiro atoms. The Morgan fingerprint density at radius 3 is 2.53 bits per heavy atom. The van der Waals surface area contributed by atoms with Gasteiger partial charge in [-0.3, -0.25) is 14.6 Å². The zero-order valence-electron chi connectivity index (χ0n) is 20.1. The van der Waals surface area contributed by atoms with Crippen molar-refractivity contribution >= 4 is 39.9 Å². The van der Waals surface area contributed by atoms with E-state index in [2.05, 4.69) is 14.9 Å². The molecule has 3 fully saturated rings. The van der Waals surface area contributed by atoms with E-state index < -0.39 is 0 Å². The number of amides is 1. The largest absolute Gasteiger partial charge is 0.423 e. The number of anilines is 2. The first kappa shape index (κ1) is 21.4. The number of carbonyl (C=O) groups is 1.